The molecule has 0 aliphatic rings. The van der Waals surface area contributed by atoms with E-state index in [0.29, 0.717) is 6.61 Å². The van der Waals surface area contributed by atoms with Crippen LogP contribution in [0.2, 0.25) is 0 Å². The second-order valence-corrected chi connectivity index (χ2v) is 4.78. The summed E-state index contributed by atoms with van der Waals surface area (Å²) >= 11 is 0. The van der Waals surface area contributed by atoms with Crippen LogP contribution in [0.3, 0.4) is 0 Å². The molecule has 0 atom stereocenters. The lowest BCUT2D eigenvalue weighted by atomic mass is 10.1. The highest BCUT2D eigenvalue weighted by molar-refractivity contribution is 6.00. The number of nitrogens with one attached hydrogen (secondary N) is 2. The number of ether oxygens (including phenoxy) is 1. The first-order valence-electron chi connectivity index (χ1n) is 6.97. The van der Waals surface area contributed by atoms with E-state index in [0.717, 1.165) is 28.3 Å². The Morgan fingerprint density at radius 1 is 1.05 bits per heavy atom. The number of rotatable bonds is 4. The highest BCUT2D eigenvalue weighted by Crippen LogP contribution is 2.19. The minimum Gasteiger partial charge on any atom is -0.494 e. The highest BCUT2D eigenvalue weighted by Gasteiger charge is 2.06. The lowest BCUT2D eigenvalue weighted by Gasteiger charge is -2.11. The molecule has 0 saturated heterocycles. The number of amides is 2. The van der Waals surface area contributed by atoms with E-state index in [4.69, 9.17) is 4.74 Å². The first-order valence-corrected chi connectivity index (χ1v) is 6.97. The van der Waals surface area contributed by atoms with Crippen molar-refractivity contribution in [2.24, 2.45) is 0 Å². The number of carbonyl (C=O) groups is 1. The Balaban J connectivity index is 1.99. The van der Waals surface area contributed by atoms with Gasteiger partial charge in [0.05, 0.1) is 6.61 Å². The van der Waals surface area contributed by atoms with Gasteiger partial charge in [-0.25, -0.2) is 4.79 Å². The SMILES string of the molecule is CCOc1ccc(NC(=O)Nc2cccc(C)c2C)cc1. The normalized spacial score (nSPS) is 10.0. The molecule has 2 amide bonds. The van der Waals surface area contributed by atoms with Crippen LogP contribution in [0.5, 0.6) is 5.75 Å². The van der Waals surface area contributed by atoms with Crippen LogP contribution in [0.1, 0.15) is 18.1 Å². The molecule has 0 unspecified atom stereocenters. The molecular formula is C17H20N2O2. The smallest absolute Gasteiger partial charge is 0.323 e. The number of benzene rings is 2. The van der Waals surface area contributed by atoms with Gasteiger partial charge in [0.15, 0.2) is 0 Å². The second-order valence-electron chi connectivity index (χ2n) is 4.78. The first-order chi connectivity index (χ1) is 10.1. The maximum atomic E-state index is 12.0. The average Bonchev–Trinajstić information content (AvgIpc) is 2.46. The van der Waals surface area contributed by atoms with E-state index in [9.17, 15) is 4.79 Å². The summed E-state index contributed by atoms with van der Waals surface area (Å²) < 4.78 is 5.36. The summed E-state index contributed by atoms with van der Waals surface area (Å²) in [6.07, 6.45) is 0. The molecule has 0 aliphatic carbocycles. The van der Waals surface area contributed by atoms with E-state index in [-0.39, 0.29) is 6.03 Å². The number of urea groups is 1. The Morgan fingerprint density at radius 2 is 1.76 bits per heavy atom. The van der Waals surface area contributed by atoms with Crippen molar-refractivity contribution in [3.63, 3.8) is 0 Å². The fraction of sp³-hybridized carbons (Fsp3) is 0.235. The third-order valence-electron chi connectivity index (χ3n) is 3.28. The molecule has 2 rings (SSSR count). The highest BCUT2D eigenvalue weighted by atomic mass is 16.5. The molecule has 0 saturated carbocycles. The zero-order valence-corrected chi connectivity index (χ0v) is 12.6. The largest absolute Gasteiger partial charge is 0.494 e. The summed E-state index contributed by atoms with van der Waals surface area (Å²) in [5.74, 6) is 0.790. The molecule has 0 heterocycles. The standard InChI is InChI=1S/C17H20N2O2/c1-4-21-15-10-8-14(9-11-15)18-17(20)19-16-7-5-6-12(2)13(16)3/h5-11H,4H2,1-3H3,(H2,18,19,20). The van der Waals surface area contributed by atoms with Crippen molar-refractivity contribution in [2.75, 3.05) is 17.2 Å². The number of hydrogen-bond donors (Lipinski definition) is 2. The number of anilines is 2. The Morgan fingerprint density at radius 3 is 2.43 bits per heavy atom. The van der Waals surface area contributed by atoms with Crippen molar-refractivity contribution in [3.8, 4) is 5.75 Å². The van der Waals surface area contributed by atoms with E-state index in [1.165, 1.54) is 0 Å². The lowest BCUT2D eigenvalue weighted by Crippen LogP contribution is -2.20. The van der Waals surface area contributed by atoms with Crippen LogP contribution in [0.4, 0.5) is 16.2 Å². The molecule has 0 aliphatic heterocycles. The van der Waals surface area contributed by atoms with Crippen LogP contribution in [0.25, 0.3) is 0 Å². The van der Waals surface area contributed by atoms with Crippen molar-refractivity contribution in [2.45, 2.75) is 20.8 Å². The van der Waals surface area contributed by atoms with Crippen LogP contribution in [0.15, 0.2) is 42.5 Å². The number of hydrogen-bond acceptors (Lipinski definition) is 2. The molecule has 4 heteroatoms. The Labute approximate surface area is 125 Å². The molecule has 2 aromatic carbocycles. The number of carbonyl (C=O) groups excluding carboxylic acids is 1. The quantitative estimate of drug-likeness (QED) is 0.877. The maximum Gasteiger partial charge on any atom is 0.323 e. The van der Waals surface area contributed by atoms with Crippen molar-refractivity contribution >= 4 is 17.4 Å². The van der Waals surface area contributed by atoms with Gasteiger partial charge in [-0.15, -0.1) is 0 Å². The second kappa shape index (κ2) is 6.79. The van der Waals surface area contributed by atoms with Crippen molar-refractivity contribution in [1.82, 2.24) is 0 Å². The summed E-state index contributed by atoms with van der Waals surface area (Å²) in [5, 5.41) is 5.66. The zero-order valence-electron chi connectivity index (χ0n) is 12.6. The van der Waals surface area contributed by atoms with Gasteiger partial charge in [0.25, 0.3) is 0 Å². The summed E-state index contributed by atoms with van der Waals surface area (Å²) in [6.45, 7) is 6.57. The third kappa shape index (κ3) is 3.99. The fourth-order valence-electron chi connectivity index (χ4n) is 1.97. The van der Waals surface area contributed by atoms with Crippen LogP contribution in [0, 0.1) is 13.8 Å². The van der Waals surface area contributed by atoms with Crippen molar-refractivity contribution in [1.29, 1.82) is 0 Å². The molecule has 0 aromatic heterocycles. The van der Waals surface area contributed by atoms with Gasteiger partial charge in [-0.3, -0.25) is 0 Å². The summed E-state index contributed by atoms with van der Waals surface area (Å²) in [4.78, 5) is 12.0. The van der Waals surface area contributed by atoms with Gasteiger partial charge >= 0.3 is 6.03 Å². The molecule has 110 valence electrons. The van der Waals surface area contributed by atoms with Crippen molar-refractivity contribution in [3.05, 3.63) is 53.6 Å². The maximum absolute atomic E-state index is 12.0. The predicted octanol–water partition coefficient (Wildman–Crippen LogP) is 4.35. The van der Waals surface area contributed by atoms with Gasteiger partial charge in [-0.2, -0.15) is 0 Å². The van der Waals surface area contributed by atoms with Crippen LogP contribution < -0.4 is 15.4 Å². The summed E-state index contributed by atoms with van der Waals surface area (Å²) in [5.41, 5.74) is 3.76. The summed E-state index contributed by atoms with van der Waals surface area (Å²) in [7, 11) is 0. The molecule has 0 bridgehead atoms. The van der Waals surface area contributed by atoms with Crippen LogP contribution >= 0.6 is 0 Å². The Kier molecular flexibility index (Phi) is 4.82. The van der Waals surface area contributed by atoms with E-state index < -0.39 is 0 Å². The van der Waals surface area contributed by atoms with E-state index >= 15 is 0 Å². The van der Waals surface area contributed by atoms with Gasteiger partial charge in [0.1, 0.15) is 5.75 Å². The van der Waals surface area contributed by atoms with Gasteiger partial charge in [0, 0.05) is 11.4 Å². The monoisotopic (exact) mass is 284 g/mol. The fourth-order valence-corrected chi connectivity index (χ4v) is 1.97. The molecule has 0 spiro atoms. The topological polar surface area (TPSA) is 50.4 Å². The van der Waals surface area contributed by atoms with Gasteiger partial charge in [-0.1, -0.05) is 12.1 Å². The van der Waals surface area contributed by atoms with Gasteiger partial charge in [-0.05, 0) is 62.2 Å². The molecule has 0 radical (unpaired) electrons. The average molecular weight is 284 g/mol. The molecular weight excluding hydrogens is 264 g/mol. The lowest BCUT2D eigenvalue weighted by molar-refractivity contribution is 0.262. The molecule has 4 nitrogen and oxygen atoms in total. The van der Waals surface area contributed by atoms with E-state index in [1.807, 2.05) is 63.2 Å². The van der Waals surface area contributed by atoms with E-state index in [1.54, 1.807) is 0 Å². The third-order valence-corrected chi connectivity index (χ3v) is 3.28. The van der Waals surface area contributed by atoms with Crippen LogP contribution in [-0.4, -0.2) is 12.6 Å². The van der Waals surface area contributed by atoms with Gasteiger partial charge in [0.2, 0.25) is 0 Å². The molecule has 2 aromatic rings. The summed E-state index contributed by atoms with van der Waals surface area (Å²) in [6, 6.07) is 12.9. The Bertz CT molecular complexity index is 621. The number of aryl methyl sites for hydroxylation is 1. The molecule has 21 heavy (non-hydrogen) atoms. The molecule has 0 fully saturated rings. The van der Waals surface area contributed by atoms with E-state index in [2.05, 4.69) is 10.6 Å². The Hall–Kier alpha value is -2.49. The predicted molar refractivity (Wildman–Crippen MR) is 86.2 cm³/mol. The first kappa shape index (κ1) is 14.9. The van der Waals surface area contributed by atoms with Gasteiger partial charge < -0.3 is 15.4 Å². The zero-order chi connectivity index (χ0) is 15.2. The minimum atomic E-state index is -0.257. The van der Waals surface area contributed by atoms with Crippen molar-refractivity contribution < 1.29 is 9.53 Å². The minimum absolute atomic E-state index is 0.257. The van der Waals surface area contributed by atoms with Crippen LogP contribution in [-0.2, 0) is 0 Å². The molecule has 2 N–H and O–H groups in total.